The van der Waals surface area contributed by atoms with Crippen LogP contribution < -0.4 is 16.4 Å². The molecule has 1 fully saturated rings. The number of hydrogen-bond donors (Lipinski definition) is 4. The summed E-state index contributed by atoms with van der Waals surface area (Å²) in [6.45, 7) is 0.398. The molecule has 8 heteroatoms. The Bertz CT molecular complexity index is 891. The number of benzene rings is 1. The van der Waals surface area contributed by atoms with E-state index in [1.54, 1.807) is 17.7 Å². The molecule has 1 aromatic heterocycles. The van der Waals surface area contributed by atoms with E-state index < -0.39 is 17.9 Å². The van der Waals surface area contributed by atoms with Gasteiger partial charge >= 0.3 is 5.97 Å². The lowest BCUT2D eigenvalue weighted by molar-refractivity contribution is -0.146. The number of aryl methyl sites for hydroxylation is 1. The van der Waals surface area contributed by atoms with Gasteiger partial charge in [-0.2, -0.15) is 0 Å². The molecular weight excluding hydrogens is 360 g/mol. The van der Waals surface area contributed by atoms with E-state index in [4.69, 9.17) is 10.8 Å². The number of nitrogens with two attached hydrogens (primary N) is 1. The second-order valence-electron chi connectivity index (χ2n) is 7.24. The summed E-state index contributed by atoms with van der Waals surface area (Å²) in [5, 5.41) is 15.7. The standard InChI is InChI=1S/C20H26N4O4/c1-24-16-7-3-2-5-12(16)11-17(24)19(26)23-15(6-4-10-21)18(25)22-14-9-8-13(14)20(27)28/h2-3,5,7,11,13-15H,4,6,8-10,21H2,1H3,(H,22,25)(H,23,26)(H,27,28)/t13?,14?,15-/m0/s1. The number of aromatic nitrogens is 1. The third-order valence-corrected chi connectivity index (χ3v) is 5.42. The molecule has 0 radical (unpaired) electrons. The molecule has 0 spiro atoms. The van der Waals surface area contributed by atoms with Crippen LogP contribution in [-0.2, 0) is 16.6 Å². The topological polar surface area (TPSA) is 126 Å². The molecule has 3 atom stereocenters. The smallest absolute Gasteiger partial charge is 0.308 e. The van der Waals surface area contributed by atoms with Gasteiger partial charge in [-0.05, 0) is 44.4 Å². The minimum absolute atomic E-state index is 0.348. The molecule has 1 heterocycles. The van der Waals surface area contributed by atoms with E-state index in [1.807, 2.05) is 24.3 Å². The number of nitrogens with one attached hydrogen (secondary N) is 2. The third kappa shape index (κ3) is 4.01. The normalized spacial score (nSPS) is 19.6. The molecule has 0 aliphatic heterocycles. The first-order chi connectivity index (χ1) is 13.4. The predicted octanol–water partition coefficient (Wildman–Crippen LogP) is 0.995. The highest BCUT2D eigenvalue weighted by Gasteiger charge is 2.38. The lowest BCUT2D eigenvalue weighted by Gasteiger charge is -2.35. The minimum atomic E-state index is -0.908. The van der Waals surface area contributed by atoms with Crippen LogP contribution in [0.1, 0.15) is 36.2 Å². The van der Waals surface area contributed by atoms with Crippen molar-refractivity contribution < 1.29 is 19.5 Å². The van der Waals surface area contributed by atoms with Crippen LogP contribution in [0.15, 0.2) is 30.3 Å². The van der Waals surface area contributed by atoms with Crippen molar-refractivity contribution in [1.29, 1.82) is 0 Å². The van der Waals surface area contributed by atoms with Crippen LogP contribution in [0, 0.1) is 5.92 Å². The Morgan fingerprint density at radius 3 is 2.64 bits per heavy atom. The van der Waals surface area contributed by atoms with E-state index in [9.17, 15) is 14.4 Å². The molecule has 1 aliphatic rings. The van der Waals surface area contributed by atoms with Crippen LogP contribution in [-0.4, -0.2) is 46.1 Å². The summed E-state index contributed by atoms with van der Waals surface area (Å²) in [7, 11) is 1.80. The largest absolute Gasteiger partial charge is 0.481 e. The maximum atomic E-state index is 12.8. The van der Waals surface area contributed by atoms with Crippen molar-refractivity contribution in [2.24, 2.45) is 18.7 Å². The van der Waals surface area contributed by atoms with Crippen molar-refractivity contribution in [3.63, 3.8) is 0 Å². The van der Waals surface area contributed by atoms with Crippen molar-refractivity contribution >= 4 is 28.7 Å². The average Bonchev–Trinajstić information content (AvgIpc) is 2.98. The summed E-state index contributed by atoms with van der Waals surface area (Å²) in [6.07, 6.45) is 2.14. The Kier molecular flexibility index (Phi) is 5.99. The van der Waals surface area contributed by atoms with Crippen LogP contribution in [0.5, 0.6) is 0 Å². The van der Waals surface area contributed by atoms with Gasteiger partial charge in [-0.3, -0.25) is 14.4 Å². The van der Waals surface area contributed by atoms with Gasteiger partial charge in [0.2, 0.25) is 5.91 Å². The van der Waals surface area contributed by atoms with E-state index in [0.717, 1.165) is 10.9 Å². The van der Waals surface area contributed by atoms with Gasteiger partial charge in [0.25, 0.3) is 5.91 Å². The minimum Gasteiger partial charge on any atom is -0.481 e. The molecule has 150 valence electrons. The number of carbonyl (C=O) groups is 3. The van der Waals surface area contributed by atoms with Crippen molar-refractivity contribution in [2.45, 2.75) is 37.8 Å². The fraction of sp³-hybridized carbons (Fsp3) is 0.450. The van der Waals surface area contributed by atoms with Gasteiger partial charge in [-0.1, -0.05) is 18.2 Å². The number of carbonyl (C=O) groups excluding carboxylic acids is 2. The molecule has 3 rings (SSSR count). The number of nitrogens with zero attached hydrogens (tertiary/aromatic N) is 1. The molecule has 1 saturated carbocycles. The van der Waals surface area contributed by atoms with Gasteiger partial charge in [0.1, 0.15) is 11.7 Å². The van der Waals surface area contributed by atoms with Gasteiger partial charge in [-0.25, -0.2) is 0 Å². The highest BCUT2D eigenvalue weighted by atomic mass is 16.4. The molecule has 5 N–H and O–H groups in total. The fourth-order valence-corrected chi connectivity index (χ4v) is 3.58. The summed E-state index contributed by atoms with van der Waals surface area (Å²) in [5.41, 5.74) is 6.95. The Hall–Kier alpha value is -2.87. The van der Waals surface area contributed by atoms with Crippen molar-refractivity contribution in [1.82, 2.24) is 15.2 Å². The number of fused-ring (bicyclic) bond motifs is 1. The van der Waals surface area contributed by atoms with Crippen LogP contribution in [0.2, 0.25) is 0 Å². The van der Waals surface area contributed by atoms with Gasteiger partial charge < -0.3 is 26.0 Å². The Labute approximate surface area is 163 Å². The molecule has 1 aliphatic carbocycles. The zero-order valence-corrected chi connectivity index (χ0v) is 15.9. The van der Waals surface area contributed by atoms with E-state index in [0.29, 0.717) is 37.9 Å². The van der Waals surface area contributed by atoms with Crippen LogP contribution in [0.3, 0.4) is 0 Å². The summed E-state index contributed by atoms with van der Waals surface area (Å²) < 4.78 is 1.79. The highest BCUT2D eigenvalue weighted by molar-refractivity contribution is 6.00. The molecular formula is C20H26N4O4. The van der Waals surface area contributed by atoms with E-state index in [-0.39, 0.29) is 17.9 Å². The highest BCUT2D eigenvalue weighted by Crippen LogP contribution is 2.27. The Morgan fingerprint density at radius 2 is 2.04 bits per heavy atom. The lowest BCUT2D eigenvalue weighted by atomic mass is 9.79. The zero-order chi connectivity index (χ0) is 20.3. The van der Waals surface area contributed by atoms with Gasteiger partial charge in [-0.15, -0.1) is 0 Å². The number of para-hydroxylation sites is 1. The number of aliphatic carboxylic acids is 1. The maximum Gasteiger partial charge on any atom is 0.308 e. The fourth-order valence-electron chi connectivity index (χ4n) is 3.58. The molecule has 2 unspecified atom stereocenters. The Balaban J connectivity index is 1.72. The molecule has 2 amide bonds. The number of amides is 2. The van der Waals surface area contributed by atoms with Gasteiger partial charge in [0, 0.05) is 24.0 Å². The van der Waals surface area contributed by atoms with E-state index in [2.05, 4.69) is 10.6 Å². The monoisotopic (exact) mass is 386 g/mol. The number of hydrogen-bond acceptors (Lipinski definition) is 4. The number of rotatable bonds is 8. The summed E-state index contributed by atoms with van der Waals surface area (Å²) in [4.78, 5) is 36.7. The lowest BCUT2D eigenvalue weighted by Crippen LogP contribution is -2.55. The number of carboxylic acids is 1. The van der Waals surface area contributed by atoms with Crippen LogP contribution >= 0.6 is 0 Å². The molecule has 28 heavy (non-hydrogen) atoms. The molecule has 1 aromatic carbocycles. The summed E-state index contributed by atoms with van der Waals surface area (Å²) in [6, 6.07) is 8.29. The van der Waals surface area contributed by atoms with E-state index in [1.165, 1.54) is 0 Å². The van der Waals surface area contributed by atoms with Crippen molar-refractivity contribution in [3.8, 4) is 0 Å². The third-order valence-electron chi connectivity index (χ3n) is 5.42. The first-order valence-corrected chi connectivity index (χ1v) is 9.51. The maximum absolute atomic E-state index is 12.8. The second kappa shape index (κ2) is 8.43. The summed E-state index contributed by atoms with van der Waals surface area (Å²) >= 11 is 0. The van der Waals surface area contributed by atoms with Crippen LogP contribution in [0.25, 0.3) is 10.9 Å². The molecule has 8 nitrogen and oxygen atoms in total. The summed E-state index contributed by atoms with van der Waals surface area (Å²) in [5.74, 6) is -2.18. The first-order valence-electron chi connectivity index (χ1n) is 9.51. The zero-order valence-electron chi connectivity index (χ0n) is 15.9. The molecule has 0 saturated heterocycles. The van der Waals surface area contributed by atoms with E-state index >= 15 is 0 Å². The average molecular weight is 386 g/mol. The predicted molar refractivity (Wildman–Crippen MR) is 105 cm³/mol. The SMILES string of the molecule is Cn1c(C(=O)N[C@@H](CCCN)C(=O)NC2CCC2C(=O)O)cc2ccccc21. The van der Waals surface area contributed by atoms with Crippen LogP contribution in [0.4, 0.5) is 0 Å². The van der Waals surface area contributed by atoms with Gasteiger partial charge in [0.05, 0.1) is 5.92 Å². The van der Waals surface area contributed by atoms with Crippen molar-refractivity contribution in [2.75, 3.05) is 6.54 Å². The second-order valence-corrected chi connectivity index (χ2v) is 7.24. The first kappa shape index (κ1) is 19.9. The quantitative estimate of drug-likeness (QED) is 0.538. The number of carboxylic acid groups (broad SMARTS) is 1. The molecule has 2 aromatic rings. The van der Waals surface area contributed by atoms with Crippen molar-refractivity contribution in [3.05, 3.63) is 36.0 Å². The molecule has 0 bridgehead atoms. The van der Waals surface area contributed by atoms with Gasteiger partial charge in [0.15, 0.2) is 0 Å². The Morgan fingerprint density at radius 1 is 1.29 bits per heavy atom.